The van der Waals surface area contributed by atoms with Gasteiger partial charge in [0.1, 0.15) is 0 Å². The number of nitrogens with two attached hydrogens (primary N) is 1. The zero-order valence-electron chi connectivity index (χ0n) is 11.1. The van der Waals surface area contributed by atoms with Crippen molar-refractivity contribution in [2.24, 2.45) is 0 Å². The van der Waals surface area contributed by atoms with Crippen LogP contribution in [0.25, 0.3) is 0 Å². The summed E-state index contributed by atoms with van der Waals surface area (Å²) in [6.45, 7) is 3.88. The van der Waals surface area contributed by atoms with Crippen LogP contribution in [0.3, 0.4) is 0 Å². The summed E-state index contributed by atoms with van der Waals surface area (Å²) in [7, 11) is 0. The molecule has 1 aromatic rings. The molecule has 3 heteroatoms. The third-order valence-electron chi connectivity index (χ3n) is 4.22. The average molecular weight is 246 g/mol. The highest BCUT2D eigenvalue weighted by molar-refractivity contribution is 5.69. The Bertz CT molecular complexity index is 431. The van der Waals surface area contributed by atoms with E-state index in [1.54, 1.807) is 0 Å². The number of anilines is 2. The molecular weight excluding hydrogens is 224 g/mol. The van der Waals surface area contributed by atoms with E-state index in [2.05, 4.69) is 30.0 Å². The fourth-order valence-corrected chi connectivity index (χ4v) is 3.33. The van der Waals surface area contributed by atoms with Gasteiger partial charge in [-0.05, 0) is 37.5 Å². The van der Waals surface area contributed by atoms with E-state index in [0.29, 0.717) is 12.1 Å². The molecule has 1 saturated carbocycles. The molecule has 2 atom stereocenters. The summed E-state index contributed by atoms with van der Waals surface area (Å²) in [5.41, 5.74) is 9.52. The molecule has 0 aromatic heterocycles. The van der Waals surface area contributed by atoms with Gasteiger partial charge in [0.05, 0.1) is 30.1 Å². The van der Waals surface area contributed by atoms with E-state index in [1.165, 1.54) is 36.9 Å². The highest BCUT2D eigenvalue weighted by atomic mass is 16.5. The van der Waals surface area contributed by atoms with Crippen molar-refractivity contribution >= 4 is 11.4 Å². The third-order valence-corrected chi connectivity index (χ3v) is 4.22. The maximum Gasteiger partial charge on any atom is 0.0779 e. The van der Waals surface area contributed by atoms with E-state index in [4.69, 9.17) is 10.5 Å². The van der Waals surface area contributed by atoms with Crippen LogP contribution in [0.1, 0.15) is 31.2 Å². The topological polar surface area (TPSA) is 38.5 Å². The van der Waals surface area contributed by atoms with Crippen LogP contribution in [0.5, 0.6) is 0 Å². The molecule has 18 heavy (non-hydrogen) atoms. The van der Waals surface area contributed by atoms with Crippen molar-refractivity contribution in [3.63, 3.8) is 0 Å². The number of aryl methyl sites for hydroxylation is 1. The van der Waals surface area contributed by atoms with E-state index >= 15 is 0 Å². The van der Waals surface area contributed by atoms with Crippen molar-refractivity contribution in [3.05, 3.63) is 23.8 Å². The Hall–Kier alpha value is -1.22. The predicted molar refractivity (Wildman–Crippen MR) is 74.9 cm³/mol. The number of benzene rings is 1. The lowest BCUT2D eigenvalue weighted by Gasteiger charge is -2.45. The normalized spacial score (nSPS) is 27.9. The average Bonchev–Trinajstić information content (AvgIpc) is 2.38. The first kappa shape index (κ1) is 11.8. The minimum atomic E-state index is 0.410. The van der Waals surface area contributed by atoms with Gasteiger partial charge in [0.15, 0.2) is 0 Å². The van der Waals surface area contributed by atoms with Crippen molar-refractivity contribution < 1.29 is 4.74 Å². The molecule has 2 fully saturated rings. The summed E-state index contributed by atoms with van der Waals surface area (Å²) in [5.74, 6) is 0. The van der Waals surface area contributed by atoms with Gasteiger partial charge in [-0.2, -0.15) is 0 Å². The van der Waals surface area contributed by atoms with E-state index in [-0.39, 0.29) is 0 Å². The van der Waals surface area contributed by atoms with Crippen molar-refractivity contribution in [2.45, 2.75) is 44.8 Å². The molecule has 3 nitrogen and oxygen atoms in total. The Morgan fingerprint density at radius 1 is 1.28 bits per heavy atom. The van der Waals surface area contributed by atoms with Crippen LogP contribution < -0.4 is 10.6 Å². The molecule has 98 valence electrons. The fraction of sp³-hybridized carbons (Fsp3) is 0.600. The van der Waals surface area contributed by atoms with Crippen molar-refractivity contribution in [1.82, 2.24) is 0 Å². The first-order valence-corrected chi connectivity index (χ1v) is 7.00. The van der Waals surface area contributed by atoms with Crippen molar-refractivity contribution in [2.75, 3.05) is 23.8 Å². The molecule has 1 aromatic carbocycles. The highest BCUT2D eigenvalue weighted by Crippen LogP contribution is 2.34. The summed E-state index contributed by atoms with van der Waals surface area (Å²) in [6.07, 6.45) is 5.46. The number of ether oxygens (including phenoxy) is 1. The van der Waals surface area contributed by atoms with E-state index < -0.39 is 0 Å². The van der Waals surface area contributed by atoms with Gasteiger partial charge in [0, 0.05) is 6.54 Å². The molecule has 1 saturated heterocycles. The lowest BCUT2D eigenvalue weighted by Crippen LogP contribution is -2.53. The molecule has 2 aliphatic rings. The van der Waals surface area contributed by atoms with Gasteiger partial charge < -0.3 is 15.4 Å². The molecule has 1 heterocycles. The van der Waals surface area contributed by atoms with Gasteiger partial charge in [-0.3, -0.25) is 0 Å². The minimum absolute atomic E-state index is 0.410. The second kappa shape index (κ2) is 4.81. The van der Waals surface area contributed by atoms with Gasteiger partial charge in [-0.25, -0.2) is 0 Å². The Kier molecular flexibility index (Phi) is 3.16. The number of morpholine rings is 1. The molecule has 0 spiro atoms. The van der Waals surface area contributed by atoms with Crippen LogP contribution in [0.2, 0.25) is 0 Å². The molecule has 0 bridgehead atoms. The van der Waals surface area contributed by atoms with Gasteiger partial charge in [-0.1, -0.05) is 18.9 Å². The Labute approximate surface area is 109 Å². The number of nitrogen functional groups attached to an aromatic ring is 1. The lowest BCUT2D eigenvalue weighted by molar-refractivity contribution is -0.00862. The van der Waals surface area contributed by atoms with Crippen LogP contribution >= 0.6 is 0 Å². The first-order valence-electron chi connectivity index (χ1n) is 7.00. The molecule has 2 N–H and O–H groups in total. The SMILES string of the molecule is Cc1ccc(N2CCOC3CCCCC32)c(N)c1. The summed E-state index contributed by atoms with van der Waals surface area (Å²) in [5, 5.41) is 0. The van der Waals surface area contributed by atoms with Crippen molar-refractivity contribution in [1.29, 1.82) is 0 Å². The number of nitrogens with zero attached hydrogens (tertiary/aromatic N) is 1. The summed E-state index contributed by atoms with van der Waals surface area (Å²) < 4.78 is 5.91. The number of rotatable bonds is 1. The van der Waals surface area contributed by atoms with Crippen molar-refractivity contribution in [3.8, 4) is 0 Å². The Morgan fingerprint density at radius 2 is 2.11 bits per heavy atom. The molecule has 3 rings (SSSR count). The number of hydrogen-bond donors (Lipinski definition) is 1. The second-order valence-corrected chi connectivity index (χ2v) is 5.52. The summed E-state index contributed by atoms with van der Waals surface area (Å²) in [6, 6.07) is 6.92. The number of fused-ring (bicyclic) bond motifs is 1. The molecular formula is C15H22N2O. The Balaban J connectivity index is 1.89. The Morgan fingerprint density at radius 3 is 2.94 bits per heavy atom. The predicted octanol–water partition coefficient (Wildman–Crippen LogP) is 2.73. The van der Waals surface area contributed by atoms with Gasteiger partial charge in [-0.15, -0.1) is 0 Å². The maximum absolute atomic E-state index is 6.19. The fourth-order valence-electron chi connectivity index (χ4n) is 3.33. The zero-order valence-corrected chi connectivity index (χ0v) is 11.1. The minimum Gasteiger partial charge on any atom is -0.397 e. The quantitative estimate of drug-likeness (QED) is 0.774. The van der Waals surface area contributed by atoms with Gasteiger partial charge >= 0.3 is 0 Å². The van der Waals surface area contributed by atoms with Crippen LogP contribution in [-0.4, -0.2) is 25.3 Å². The molecule has 1 aliphatic heterocycles. The molecule has 2 unspecified atom stereocenters. The second-order valence-electron chi connectivity index (χ2n) is 5.52. The van der Waals surface area contributed by atoms with E-state index in [9.17, 15) is 0 Å². The highest BCUT2D eigenvalue weighted by Gasteiger charge is 2.34. The zero-order chi connectivity index (χ0) is 12.5. The molecule has 1 aliphatic carbocycles. The lowest BCUT2D eigenvalue weighted by atomic mass is 9.89. The van der Waals surface area contributed by atoms with Gasteiger partial charge in [0.2, 0.25) is 0 Å². The third kappa shape index (κ3) is 2.07. The molecule has 0 radical (unpaired) electrons. The van der Waals surface area contributed by atoms with E-state index in [0.717, 1.165) is 18.8 Å². The van der Waals surface area contributed by atoms with E-state index in [1.807, 2.05) is 0 Å². The number of hydrogen-bond acceptors (Lipinski definition) is 3. The van der Waals surface area contributed by atoms with Crippen LogP contribution in [-0.2, 0) is 4.74 Å². The maximum atomic E-state index is 6.19. The first-order chi connectivity index (χ1) is 8.75. The summed E-state index contributed by atoms with van der Waals surface area (Å²) >= 11 is 0. The van der Waals surface area contributed by atoms with Crippen LogP contribution in [0.15, 0.2) is 18.2 Å². The van der Waals surface area contributed by atoms with Gasteiger partial charge in [0.25, 0.3) is 0 Å². The standard InChI is InChI=1S/C15H22N2O/c1-11-6-7-13(12(16)10-11)17-8-9-18-15-5-3-2-4-14(15)17/h6-7,10,14-15H,2-5,8-9,16H2,1H3. The monoisotopic (exact) mass is 246 g/mol. The summed E-state index contributed by atoms with van der Waals surface area (Å²) in [4.78, 5) is 2.47. The smallest absolute Gasteiger partial charge is 0.0779 e. The van der Waals surface area contributed by atoms with Crippen LogP contribution in [0.4, 0.5) is 11.4 Å². The largest absolute Gasteiger partial charge is 0.397 e. The van der Waals surface area contributed by atoms with Crippen LogP contribution in [0, 0.1) is 6.92 Å². The molecule has 0 amide bonds.